The average Bonchev–Trinajstić information content (AvgIpc) is 2.90. The number of hydrogen-bond acceptors (Lipinski definition) is 4. The van der Waals surface area contributed by atoms with Crippen LogP contribution < -0.4 is 0 Å². The van der Waals surface area contributed by atoms with Crippen molar-refractivity contribution in [2.45, 2.75) is 31.1 Å². The molecular weight excluding hydrogens is 359 g/mol. The number of morpholine rings is 1. The number of allylic oxidation sites excluding steroid dienone is 4. The fourth-order valence-electron chi connectivity index (χ4n) is 3.77. The number of carbonyl (C=O) groups excluding carboxylic acids is 2. The number of halogens is 2. The Hall–Kier alpha value is -1.92. The van der Waals surface area contributed by atoms with E-state index in [1.807, 2.05) is 6.20 Å². The van der Waals surface area contributed by atoms with Gasteiger partial charge in [-0.15, -0.1) is 11.6 Å². The smallest absolute Gasteiger partial charge is 0.261 e. The van der Waals surface area contributed by atoms with E-state index >= 15 is 0 Å². The van der Waals surface area contributed by atoms with E-state index in [0.29, 0.717) is 42.8 Å². The summed E-state index contributed by atoms with van der Waals surface area (Å²) in [7, 11) is 0. The first-order valence-electron chi connectivity index (χ1n) is 8.94. The molecular formula is C19H20ClFN2O3. The highest BCUT2D eigenvalue weighted by molar-refractivity contribution is 6.24. The molecule has 4 aliphatic rings. The summed E-state index contributed by atoms with van der Waals surface area (Å²) in [4.78, 5) is 28.4. The Morgan fingerprint density at radius 3 is 2.35 bits per heavy atom. The van der Waals surface area contributed by atoms with Gasteiger partial charge in [-0.05, 0) is 43.4 Å². The Morgan fingerprint density at radius 2 is 1.73 bits per heavy atom. The van der Waals surface area contributed by atoms with Crippen LogP contribution in [-0.2, 0) is 14.3 Å². The van der Waals surface area contributed by atoms with E-state index in [2.05, 4.69) is 4.90 Å². The van der Waals surface area contributed by atoms with Gasteiger partial charge < -0.3 is 9.64 Å². The maximum absolute atomic E-state index is 14.6. The number of alkyl halides is 1. The molecule has 1 fully saturated rings. The highest BCUT2D eigenvalue weighted by atomic mass is 35.5. The van der Waals surface area contributed by atoms with Crippen LogP contribution in [0.1, 0.15) is 25.7 Å². The van der Waals surface area contributed by atoms with Crippen molar-refractivity contribution < 1.29 is 18.7 Å². The fourth-order valence-corrected chi connectivity index (χ4v) is 4.00. The molecule has 0 saturated carbocycles. The van der Waals surface area contributed by atoms with E-state index in [9.17, 15) is 14.0 Å². The monoisotopic (exact) mass is 378 g/mol. The molecule has 0 bridgehead atoms. The van der Waals surface area contributed by atoms with E-state index in [-0.39, 0.29) is 5.70 Å². The van der Waals surface area contributed by atoms with E-state index in [1.165, 1.54) is 12.2 Å². The van der Waals surface area contributed by atoms with Crippen molar-refractivity contribution in [2.24, 2.45) is 0 Å². The Labute approximate surface area is 156 Å². The molecule has 0 aromatic carbocycles. The molecule has 0 aromatic rings. The zero-order valence-corrected chi connectivity index (χ0v) is 15.1. The van der Waals surface area contributed by atoms with Crippen molar-refractivity contribution in [3.8, 4) is 0 Å². The lowest BCUT2D eigenvalue weighted by atomic mass is 9.93. The Balaban J connectivity index is 1.65. The minimum Gasteiger partial charge on any atom is -0.378 e. The second kappa shape index (κ2) is 7.00. The highest BCUT2D eigenvalue weighted by Gasteiger charge is 2.42. The van der Waals surface area contributed by atoms with Crippen LogP contribution in [0.15, 0.2) is 46.6 Å². The normalized spacial score (nSPS) is 28.5. The van der Waals surface area contributed by atoms with Gasteiger partial charge in [0.25, 0.3) is 11.8 Å². The van der Waals surface area contributed by atoms with Crippen LogP contribution in [0.3, 0.4) is 0 Å². The van der Waals surface area contributed by atoms with Gasteiger partial charge in [-0.25, -0.2) is 9.29 Å². The van der Waals surface area contributed by atoms with E-state index in [1.54, 1.807) is 0 Å². The molecule has 138 valence electrons. The molecule has 0 radical (unpaired) electrons. The zero-order chi connectivity index (χ0) is 18.3. The largest absolute Gasteiger partial charge is 0.378 e. The summed E-state index contributed by atoms with van der Waals surface area (Å²) in [6.07, 6.45) is 7.58. The molecule has 1 saturated heterocycles. The first kappa shape index (κ1) is 17.5. The van der Waals surface area contributed by atoms with Crippen LogP contribution in [0.4, 0.5) is 4.39 Å². The topological polar surface area (TPSA) is 49.9 Å². The Morgan fingerprint density at radius 1 is 1.12 bits per heavy atom. The number of hydrogen-bond donors (Lipinski definition) is 0. The number of rotatable bonds is 2. The molecule has 0 N–H and O–H groups in total. The number of nitrogens with zero attached hydrogens (tertiary/aromatic N) is 2. The van der Waals surface area contributed by atoms with Crippen LogP contribution in [0, 0.1) is 0 Å². The van der Waals surface area contributed by atoms with Gasteiger partial charge >= 0.3 is 0 Å². The quantitative estimate of drug-likeness (QED) is 0.547. The van der Waals surface area contributed by atoms with Gasteiger partial charge in [-0.1, -0.05) is 0 Å². The molecule has 2 heterocycles. The number of ether oxygens (including phenoxy) is 1. The van der Waals surface area contributed by atoms with Gasteiger partial charge in [0.2, 0.25) is 0 Å². The predicted molar refractivity (Wildman–Crippen MR) is 94.7 cm³/mol. The summed E-state index contributed by atoms with van der Waals surface area (Å²) in [6.45, 7) is 2.69. The van der Waals surface area contributed by atoms with Gasteiger partial charge in [0.15, 0.2) is 0 Å². The molecule has 1 unspecified atom stereocenters. The van der Waals surface area contributed by atoms with Crippen molar-refractivity contribution in [1.29, 1.82) is 0 Å². The van der Waals surface area contributed by atoms with Crippen LogP contribution in [-0.4, -0.2) is 53.3 Å². The Bertz CT molecular complexity index is 750. The zero-order valence-electron chi connectivity index (χ0n) is 14.3. The molecule has 2 aliphatic carbocycles. The number of amides is 2. The van der Waals surface area contributed by atoms with Gasteiger partial charge in [-0.3, -0.25) is 9.59 Å². The molecule has 0 aromatic heterocycles. The van der Waals surface area contributed by atoms with Crippen molar-refractivity contribution >= 4 is 23.4 Å². The molecule has 5 nitrogen and oxygen atoms in total. The summed E-state index contributed by atoms with van der Waals surface area (Å²) in [6, 6.07) is 0. The van der Waals surface area contributed by atoms with Crippen molar-refractivity contribution in [3.05, 3.63) is 46.6 Å². The third kappa shape index (κ3) is 3.01. The van der Waals surface area contributed by atoms with Crippen LogP contribution in [0.2, 0.25) is 0 Å². The van der Waals surface area contributed by atoms with Gasteiger partial charge in [-0.2, -0.15) is 0 Å². The summed E-state index contributed by atoms with van der Waals surface area (Å²) < 4.78 is 19.9. The lowest BCUT2D eigenvalue weighted by Gasteiger charge is -2.28. The maximum Gasteiger partial charge on any atom is 0.261 e. The van der Waals surface area contributed by atoms with Gasteiger partial charge in [0.1, 0.15) is 5.83 Å². The number of carbonyl (C=O) groups is 2. The third-order valence-corrected chi connectivity index (χ3v) is 5.55. The van der Waals surface area contributed by atoms with Crippen molar-refractivity contribution in [2.75, 3.05) is 26.3 Å². The summed E-state index contributed by atoms with van der Waals surface area (Å²) >= 11 is 6.28. The molecule has 2 aliphatic heterocycles. The van der Waals surface area contributed by atoms with Crippen LogP contribution >= 0.6 is 11.6 Å². The van der Waals surface area contributed by atoms with E-state index in [4.69, 9.17) is 16.3 Å². The SMILES string of the molecule is O=C1C2=C(CCCC2)C(=O)N1C1=CC(=CN2CCOCC2)C(Cl)C=C1F. The van der Waals surface area contributed by atoms with Crippen LogP contribution in [0.25, 0.3) is 0 Å². The number of imide groups is 1. The minimum absolute atomic E-state index is 0.00851. The summed E-state index contributed by atoms with van der Waals surface area (Å²) in [5.74, 6) is -1.41. The molecule has 7 heteroatoms. The highest BCUT2D eigenvalue weighted by Crippen LogP contribution is 2.38. The fraction of sp³-hybridized carbons (Fsp3) is 0.474. The predicted octanol–water partition coefficient (Wildman–Crippen LogP) is 2.80. The molecule has 26 heavy (non-hydrogen) atoms. The second-order valence-corrected chi connectivity index (χ2v) is 7.30. The third-order valence-electron chi connectivity index (χ3n) is 5.17. The van der Waals surface area contributed by atoms with E-state index < -0.39 is 23.0 Å². The van der Waals surface area contributed by atoms with Gasteiger partial charge in [0, 0.05) is 30.4 Å². The lowest BCUT2D eigenvalue weighted by Crippen LogP contribution is -2.34. The summed E-state index contributed by atoms with van der Waals surface area (Å²) in [5, 5.41) is -0.642. The first-order valence-corrected chi connectivity index (χ1v) is 9.37. The Kier molecular flexibility index (Phi) is 4.71. The molecule has 4 rings (SSSR count). The molecule has 0 spiro atoms. The lowest BCUT2D eigenvalue weighted by molar-refractivity contribution is -0.135. The van der Waals surface area contributed by atoms with Gasteiger partial charge in [0.05, 0.1) is 24.3 Å². The summed E-state index contributed by atoms with van der Waals surface area (Å²) in [5.41, 5.74) is 1.74. The molecule has 1 atom stereocenters. The average molecular weight is 379 g/mol. The minimum atomic E-state index is -0.642. The maximum atomic E-state index is 14.6. The standard InChI is InChI=1S/C19H20ClFN2O3/c20-15-10-16(21)17(9-12(15)11-22-5-7-26-8-6-22)23-18(24)13-3-1-2-4-14(13)19(23)25/h9-11,15H,1-8H2. The second-order valence-electron chi connectivity index (χ2n) is 6.83. The van der Waals surface area contributed by atoms with E-state index in [0.717, 1.165) is 30.8 Å². The van der Waals surface area contributed by atoms with Crippen molar-refractivity contribution in [1.82, 2.24) is 9.80 Å². The first-order chi connectivity index (χ1) is 12.6. The molecule has 2 amide bonds. The van der Waals surface area contributed by atoms with Crippen LogP contribution in [0.5, 0.6) is 0 Å². The van der Waals surface area contributed by atoms with Crippen molar-refractivity contribution in [3.63, 3.8) is 0 Å².